The second-order valence-electron chi connectivity index (χ2n) is 7.32. The van der Waals surface area contributed by atoms with Gasteiger partial charge in [-0.15, -0.1) is 0 Å². The van der Waals surface area contributed by atoms with E-state index in [4.69, 9.17) is 9.47 Å². The van der Waals surface area contributed by atoms with E-state index < -0.39 is 0 Å². The molecule has 0 aromatic heterocycles. The van der Waals surface area contributed by atoms with Crippen LogP contribution in [0.25, 0.3) is 0 Å². The summed E-state index contributed by atoms with van der Waals surface area (Å²) < 4.78 is 12.1. The minimum atomic E-state index is 0.604. The Morgan fingerprint density at radius 1 is 1.00 bits per heavy atom. The van der Waals surface area contributed by atoms with Crippen LogP contribution in [0.1, 0.15) is 45.4 Å². The molecule has 0 radical (unpaired) electrons. The zero-order valence-electron chi connectivity index (χ0n) is 14.0. The summed E-state index contributed by atoms with van der Waals surface area (Å²) in [5.74, 6) is 5.01. The highest BCUT2D eigenvalue weighted by Gasteiger charge is 2.43. The van der Waals surface area contributed by atoms with E-state index >= 15 is 0 Å². The molecule has 2 nitrogen and oxygen atoms in total. The molecule has 2 unspecified atom stereocenters. The highest BCUT2D eigenvalue weighted by Crippen LogP contribution is 2.51. The molecule has 0 spiro atoms. The number of rotatable bonds is 5. The maximum atomic E-state index is 6.13. The van der Waals surface area contributed by atoms with Gasteiger partial charge in [-0.2, -0.15) is 0 Å². The van der Waals surface area contributed by atoms with Crippen molar-refractivity contribution in [2.75, 3.05) is 6.61 Å². The molecule has 2 fully saturated rings. The normalized spacial score (nSPS) is 26.8. The molecule has 0 N–H and O–H groups in total. The highest BCUT2D eigenvalue weighted by molar-refractivity contribution is 5.38. The van der Waals surface area contributed by atoms with Crippen molar-refractivity contribution in [1.29, 1.82) is 0 Å². The van der Waals surface area contributed by atoms with Crippen LogP contribution in [0.15, 0.2) is 47.7 Å². The molecule has 3 aliphatic carbocycles. The lowest BCUT2D eigenvalue weighted by Gasteiger charge is -2.21. The summed E-state index contributed by atoms with van der Waals surface area (Å²) >= 11 is 0. The van der Waals surface area contributed by atoms with E-state index in [1.165, 1.54) is 44.1 Å². The molecule has 0 heterocycles. The van der Waals surface area contributed by atoms with Gasteiger partial charge in [0.2, 0.25) is 0 Å². The smallest absolute Gasteiger partial charge is 0.130 e. The summed E-state index contributed by atoms with van der Waals surface area (Å²) in [5, 5.41) is 0. The zero-order chi connectivity index (χ0) is 15.6. The molecule has 0 aliphatic heterocycles. The summed E-state index contributed by atoms with van der Waals surface area (Å²) in [6.07, 6.45) is 12.3. The van der Waals surface area contributed by atoms with Gasteiger partial charge in [0.15, 0.2) is 0 Å². The van der Waals surface area contributed by atoms with Crippen LogP contribution in [-0.4, -0.2) is 6.61 Å². The predicted molar refractivity (Wildman–Crippen MR) is 92.6 cm³/mol. The first kappa shape index (κ1) is 14.9. The third-order valence-corrected chi connectivity index (χ3v) is 5.50. The average molecular weight is 310 g/mol. The van der Waals surface area contributed by atoms with E-state index in [0.717, 1.165) is 35.7 Å². The van der Waals surface area contributed by atoms with E-state index in [1.807, 2.05) is 24.3 Å². The number of hydrogen-bond acceptors (Lipinski definition) is 2. The molecule has 2 saturated carbocycles. The third kappa shape index (κ3) is 3.46. The van der Waals surface area contributed by atoms with Crippen molar-refractivity contribution in [3.8, 4) is 11.5 Å². The van der Waals surface area contributed by atoms with Gasteiger partial charge in [-0.05, 0) is 56.2 Å². The van der Waals surface area contributed by atoms with Crippen LogP contribution in [0.3, 0.4) is 0 Å². The van der Waals surface area contributed by atoms with Gasteiger partial charge in [0.25, 0.3) is 0 Å². The Morgan fingerprint density at radius 2 is 1.83 bits per heavy atom. The second-order valence-corrected chi connectivity index (χ2v) is 7.32. The zero-order valence-corrected chi connectivity index (χ0v) is 14.0. The Kier molecular flexibility index (Phi) is 4.15. The Morgan fingerprint density at radius 3 is 2.70 bits per heavy atom. The fourth-order valence-electron chi connectivity index (χ4n) is 3.91. The van der Waals surface area contributed by atoms with Crippen molar-refractivity contribution in [3.05, 3.63) is 47.7 Å². The van der Waals surface area contributed by atoms with Crippen LogP contribution in [0.4, 0.5) is 0 Å². The van der Waals surface area contributed by atoms with Crippen LogP contribution >= 0.6 is 0 Å². The van der Waals surface area contributed by atoms with Gasteiger partial charge >= 0.3 is 0 Å². The molecular formula is C21H26O2. The first-order valence-corrected chi connectivity index (χ1v) is 9.09. The minimum Gasteiger partial charge on any atom is -0.493 e. The van der Waals surface area contributed by atoms with Gasteiger partial charge in [-0.1, -0.05) is 37.0 Å². The average Bonchev–Trinajstić information content (AvgIpc) is 3.39. The fraction of sp³-hybridized carbons (Fsp3) is 0.524. The Hall–Kier alpha value is -1.70. The second kappa shape index (κ2) is 6.43. The molecule has 1 aromatic rings. The van der Waals surface area contributed by atoms with Gasteiger partial charge in [0.1, 0.15) is 17.3 Å². The van der Waals surface area contributed by atoms with Crippen LogP contribution in [0, 0.1) is 17.8 Å². The van der Waals surface area contributed by atoms with Crippen molar-refractivity contribution < 1.29 is 9.47 Å². The van der Waals surface area contributed by atoms with Crippen LogP contribution in [0.5, 0.6) is 11.5 Å². The SMILES string of the molecule is CC1=CC=C(Oc2cccc(OCC3CCCCC3)c2)C2CC12. The lowest BCUT2D eigenvalue weighted by atomic mass is 9.90. The Bertz CT molecular complexity index is 622. The topological polar surface area (TPSA) is 18.5 Å². The summed E-state index contributed by atoms with van der Waals surface area (Å²) in [6.45, 7) is 3.07. The third-order valence-electron chi connectivity index (χ3n) is 5.50. The largest absolute Gasteiger partial charge is 0.493 e. The molecule has 0 amide bonds. The molecule has 2 atom stereocenters. The van der Waals surface area contributed by atoms with Crippen LogP contribution < -0.4 is 9.47 Å². The molecule has 23 heavy (non-hydrogen) atoms. The van der Waals surface area contributed by atoms with Crippen molar-refractivity contribution in [3.63, 3.8) is 0 Å². The number of fused-ring (bicyclic) bond motifs is 1. The Labute approximate surface area is 139 Å². The molecule has 1 aromatic carbocycles. The van der Waals surface area contributed by atoms with Gasteiger partial charge in [-0.3, -0.25) is 0 Å². The maximum Gasteiger partial charge on any atom is 0.130 e. The molecule has 122 valence electrons. The lowest BCUT2D eigenvalue weighted by Crippen LogP contribution is -2.15. The maximum absolute atomic E-state index is 6.13. The standard InChI is InChI=1S/C21H26O2/c1-15-10-11-21(20-13-19(15)20)23-18-9-5-8-17(12-18)22-14-16-6-3-2-4-7-16/h5,8-12,16,19-20H,2-4,6-7,13-14H2,1H3. The van der Waals surface area contributed by atoms with E-state index in [2.05, 4.69) is 19.1 Å². The molecule has 3 aliphatic rings. The van der Waals surface area contributed by atoms with Crippen molar-refractivity contribution in [2.45, 2.75) is 45.4 Å². The number of hydrogen-bond donors (Lipinski definition) is 0. The van der Waals surface area contributed by atoms with Crippen LogP contribution in [0.2, 0.25) is 0 Å². The van der Waals surface area contributed by atoms with E-state index in [9.17, 15) is 0 Å². The first-order valence-electron chi connectivity index (χ1n) is 9.09. The Balaban J connectivity index is 1.36. The molecule has 0 saturated heterocycles. The van der Waals surface area contributed by atoms with Gasteiger partial charge < -0.3 is 9.47 Å². The van der Waals surface area contributed by atoms with Crippen molar-refractivity contribution in [1.82, 2.24) is 0 Å². The summed E-state index contributed by atoms with van der Waals surface area (Å²) in [4.78, 5) is 0. The van der Waals surface area contributed by atoms with E-state index in [-0.39, 0.29) is 0 Å². The summed E-state index contributed by atoms with van der Waals surface area (Å²) in [5.41, 5.74) is 1.49. The quantitative estimate of drug-likeness (QED) is 0.714. The molecule has 0 bridgehead atoms. The van der Waals surface area contributed by atoms with Gasteiger partial charge in [0.05, 0.1) is 6.61 Å². The first-order chi connectivity index (χ1) is 11.3. The van der Waals surface area contributed by atoms with Crippen LogP contribution in [-0.2, 0) is 0 Å². The van der Waals surface area contributed by atoms with E-state index in [0.29, 0.717) is 5.92 Å². The molecular weight excluding hydrogens is 284 g/mol. The van der Waals surface area contributed by atoms with Gasteiger partial charge in [0, 0.05) is 12.0 Å². The minimum absolute atomic E-state index is 0.604. The monoisotopic (exact) mass is 310 g/mol. The van der Waals surface area contributed by atoms with Gasteiger partial charge in [-0.25, -0.2) is 0 Å². The summed E-state index contributed by atoms with van der Waals surface area (Å²) in [7, 11) is 0. The van der Waals surface area contributed by atoms with Crippen molar-refractivity contribution >= 4 is 0 Å². The van der Waals surface area contributed by atoms with Crippen molar-refractivity contribution in [2.24, 2.45) is 17.8 Å². The number of benzene rings is 1. The van der Waals surface area contributed by atoms with E-state index in [1.54, 1.807) is 0 Å². The molecule has 2 heteroatoms. The lowest BCUT2D eigenvalue weighted by molar-refractivity contribution is 0.208. The summed E-state index contributed by atoms with van der Waals surface area (Å²) in [6, 6.07) is 8.12. The molecule has 4 rings (SSSR count). The predicted octanol–water partition coefficient (Wildman–Crippen LogP) is 5.50. The fourth-order valence-corrected chi connectivity index (χ4v) is 3.91. The highest BCUT2D eigenvalue weighted by atomic mass is 16.5. The number of allylic oxidation sites excluding steroid dienone is 4. The number of ether oxygens (including phenoxy) is 2.